The van der Waals surface area contributed by atoms with Crippen molar-refractivity contribution in [2.45, 2.75) is 19.9 Å². The molecule has 0 saturated carbocycles. The van der Waals surface area contributed by atoms with Crippen LogP contribution in [0.25, 0.3) is 0 Å². The van der Waals surface area contributed by atoms with Gasteiger partial charge in [-0.15, -0.1) is 0 Å². The zero-order chi connectivity index (χ0) is 16.9. The number of aromatic nitrogens is 2. The van der Waals surface area contributed by atoms with Gasteiger partial charge in [0.25, 0.3) is 0 Å². The predicted molar refractivity (Wildman–Crippen MR) is 92.0 cm³/mol. The van der Waals surface area contributed by atoms with E-state index in [1.54, 1.807) is 13.3 Å². The van der Waals surface area contributed by atoms with Gasteiger partial charge in [-0.25, -0.2) is 9.97 Å². The quantitative estimate of drug-likeness (QED) is 0.840. The highest BCUT2D eigenvalue weighted by Gasteiger charge is 2.25. The number of carbonyl (C=O) groups is 1. The van der Waals surface area contributed by atoms with Crippen LogP contribution < -0.4 is 9.64 Å². The van der Waals surface area contributed by atoms with Gasteiger partial charge in [0.05, 0.1) is 19.3 Å². The van der Waals surface area contributed by atoms with Crippen molar-refractivity contribution in [1.29, 1.82) is 0 Å². The molecule has 0 aliphatic carbocycles. The molecule has 1 aliphatic heterocycles. The predicted octanol–water partition coefficient (Wildman–Crippen LogP) is 1.90. The van der Waals surface area contributed by atoms with Gasteiger partial charge in [-0.05, 0) is 18.2 Å². The van der Waals surface area contributed by atoms with Gasteiger partial charge < -0.3 is 9.64 Å². The lowest BCUT2D eigenvalue weighted by Gasteiger charge is -2.34. The van der Waals surface area contributed by atoms with Gasteiger partial charge in [0, 0.05) is 44.0 Å². The Morgan fingerprint density at radius 1 is 1.25 bits per heavy atom. The Hall–Kier alpha value is -2.47. The van der Waals surface area contributed by atoms with Crippen LogP contribution in [-0.4, -0.2) is 47.5 Å². The van der Waals surface area contributed by atoms with Gasteiger partial charge in [-0.2, -0.15) is 0 Å². The molecule has 6 nitrogen and oxygen atoms in total. The van der Waals surface area contributed by atoms with Crippen molar-refractivity contribution in [3.05, 3.63) is 48.0 Å². The number of methoxy groups -OCH3 is 1. The molecule has 3 rings (SSSR count). The van der Waals surface area contributed by atoms with E-state index in [1.165, 1.54) is 0 Å². The summed E-state index contributed by atoms with van der Waals surface area (Å²) in [5.74, 6) is 1.70. The summed E-state index contributed by atoms with van der Waals surface area (Å²) >= 11 is 0. The fraction of sp³-hybridized carbons (Fsp3) is 0.389. The van der Waals surface area contributed by atoms with Crippen LogP contribution in [0.3, 0.4) is 0 Å². The molecule has 0 atom stereocenters. The lowest BCUT2D eigenvalue weighted by molar-refractivity contribution is -0.121. The van der Waals surface area contributed by atoms with Crippen molar-refractivity contribution >= 4 is 11.6 Å². The third-order valence-electron chi connectivity index (χ3n) is 4.13. The number of aryl methyl sites for hydroxylation is 1. The maximum absolute atomic E-state index is 12.5. The molecule has 0 spiro atoms. The van der Waals surface area contributed by atoms with E-state index < -0.39 is 0 Å². The average Bonchev–Trinajstić information content (AvgIpc) is 2.62. The minimum absolute atomic E-state index is 0.0966. The summed E-state index contributed by atoms with van der Waals surface area (Å²) in [6.45, 7) is 4.58. The highest BCUT2D eigenvalue weighted by Crippen LogP contribution is 2.23. The number of carbonyl (C=O) groups excluding carboxylic acids is 1. The molecular formula is C18H22N4O2. The molecule has 6 heteroatoms. The molecule has 2 aromatic rings. The molecule has 0 N–H and O–H groups in total. The molecule has 1 saturated heterocycles. The van der Waals surface area contributed by atoms with E-state index in [2.05, 4.69) is 14.9 Å². The van der Waals surface area contributed by atoms with E-state index in [9.17, 15) is 4.79 Å². The summed E-state index contributed by atoms with van der Waals surface area (Å²) in [7, 11) is 1.63. The summed E-state index contributed by atoms with van der Waals surface area (Å²) in [4.78, 5) is 25.2. The third-order valence-corrected chi connectivity index (χ3v) is 4.13. The van der Waals surface area contributed by atoms with E-state index in [4.69, 9.17) is 4.74 Å². The monoisotopic (exact) mass is 326 g/mol. The highest BCUT2D eigenvalue weighted by molar-refractivity contribution is 5.95. The van der Waals surface area contributed by atoms with Crippen LogP contribution in [0.2, 0.25) is 0 Å². The Morgan fingerprint density at radius 2 is 2.12 bits per heavy atom. The minimum atomic E-state index is 0.0966. The van der Waals surface area contributed by atoms with E-state index in [1.807, 2.05) is 42.2 Å². The van der Waals surface area contributed by atoms with Crippen LogP contribution in [0.15, 0.2) is 36.5 Å². The molecule has 2 heterocycles. The number of anilines is 1. The Morgan fingerprint density at radius 3 is 2.88 bits per heavy atom. The summed E-state index contributed by atoms with van der Waals surface area (Å²) < 4.78 is 5.24. The molecule has 1 aromatic carbocycles. The van der Waals surface area contributed by atoms with Crippen LogP contribution in [-0.2, 0) is 17.8 Å². The van der Waals surface area contributed by atoms with Crippen molar-refractivity contribution in [2.24, 2.45) is 0 Å². The van der Waals surface area contributed by atoms with Crippen molar-refractivity contribution < 1.29 is 9.53 Å². The lowest BCUT2D eigenvalue weighted by Crippen LogP contribution is -2.50. The first-order valence-corrected chi connectivity index (χ1v) is 8.17. The molecule has 0 unspecified atom stereocenters. The van der Waals surface area contributed by atoms with E-state index in [0.717, 1.165) is 35.9 Å². The topological polar surface area (TPSA) is 58.6 Å². The highest BCUT2D eigenvalue weighted by atomic mass is 16.5. The van der Waals surface area contributed by atoms with Gasteiger partial charge in [0.2, 0.25) is 5.91 Å². The second-order valence-corrected chi connectivity index (χ2v) is 5.78. The van der Waals surface area contributed by atoms with Crippen LogP contribution in [0.5, 0.6) is 5.75 Å². The average molecular weight is 326 g/mol. The first kappa shape index (κ1) is 16.4. The third kappa shape index (κ3) is 3.71. The fourth-order valence-electron chi connectivity index (χ4n) is 2.84. The molecule has 0 bridgehead atoms. The maximum Gasteiger partial charge on any atom is 0.241 e. The molecule has 1 amide bonds. The number of benzene rings is 1. The smallest absolute Gasteiger partial charge is 0.241 e. The number of amides is 1. The number of hydrogen-bond donors (Lipinski definition) is 0. The minimum Gasteiger partial charge on any atom is -0.497 e. The Bertz CT molecular complexity index is 720. The molecule has 24 heavy (non-hydrogen) atoms. The van der Waals surface area contributed by atoms with Crippen LogP contribution in [0.1, 0.15) is 18.4 Å². The number of rotatable bonds is 5. The van der Waals surface area contributed by atoms with Crippen LogP contribution >= 0.6 is 0 Å². The normalized spacial score (nSPS) is 15.6. The molecule has 126 valence electrons. The summed E-state index contributed by atoms with van der Waals surface area (Å²) in [5.41, 5.74) is 1.85. The molecule has 1 aromatic heterocycles. The van der Waals surface area contributed by atoms with Crippen molar-refractivity contribution in [1.82, 2.24) is 14.9 Å². The Balaban J connectivity index is 1.65. The van der Waals surface area contributed by atoms with Crippen molar-refractivity contribution in [3.8, 4) is 5.75 Å². The van der Waals surface area contributed by atoms with Crippen LogP contribution in [0, 0.1) is 0 Å². The zero-order valence-electron chi connectivity index (χ0n) is 14.1. The van der Waals surface area contributed by atoms with Gasteiger partial charge in [0.1, 0.15) is 11.6 Å². The van der Waals surface area contributed by atoms with Crippen LogP contribution in [0.4, 0.5) is 5.69 Å². The van der Waals surface area contributed by atoms with Crippen molar-refractivity contribution in [2.75, 3.05) is 31.6 Å². The van der Waals surface area contributed by atoms with Crippen molar-refractivity contribution in [3.63, 3.8) is 0 Å². The first-order valence-electron chi connectivity index (χ1n) is 8.17. The largest absolute Gasteiger partial charge is 0.497 e. The first-order chi connectivity index (χ1) is 11.7. The Labute approximate surface area is 142 Å². The molecular weight excluding hydrogens is 304 g/mol. The standard InChI is InChI=1S/C18H22N4O2/c1-3-17-19-8-7-14(20-17)12-21-9-10-22(18(23)13-21)15-5-4-6-16(11-15)24-2/h4-8,11H,3,9-10,12-13H2,1-2H3. The van der Waals surface area contributed by atoms with Gasteiger partial charge in [-0.3, -0.25) is 9.69 Å². The van der Waals surface area contributed by atoms with E-state index in [0.29, 0.717) is 19.6 Å². The van der Waals surface area contributed by atoms with Gasteiger partial charge in [0.15, 0.2) is 0 Å². The second kappa shape index (κ2) is 7.40. The maximum atomic E-state index is 12.5. The van der Waals surface area contributed by atoms with E-state index >= 15 is 0 Å². The number of piperazine rings is 1. The summed E-state index contributed by atoms with van der Waals surface area (Å²) in [6, 6.07) is 9.53. The molecule has 1 fully saturated rings. The SMILES string of the molecule is CCc1nccc(CN2CCN(c3cccc(OC)c3)C(=O)C2)n1. The zero-order valence-corrected chi connectivity index (χ0v) is 14.1. The van der Waals surface area contributed by atoms with E-state index in [-0.39, 0.29) is 5.91 Å². The molecule has 0 radical (unpaired) electrons. The van der Waals surface area contributed by atoms with Gasteiger partial charge >= 0.3 is 0 Å². The lowest BCUT2D eigenvalue weighted by atomic mass is 10.2. The molecule has 1 aliphatic rings. The second-order valence-electron chi connectivity index (χ2n) is 5.78. The summed E-state index contributed by atoms with van der Waals surface area (Å²) in [6.07, 6.45) is 2.60. The fourth-order valence-corrected chi connectivity index (χ4v) is 2.84. The number of ether oxygens (including phenoxy) is 1. The Kier molecular flexibility index (Phi) is 5.05. The number of hydrogen-bond acceptors (Lipinski definition) is 5. The number of nitrogens with zero attached hydrogens (tertiary/aromatic N) is 4. The van der Waals surface area contributed by atoms with Gasteiger partial charge in [-0.1, -0.05) is 13.0 Å². The summed E-state index contributed by atoms with van der Waals surface area (Å²) in [5, 5.41) is 0.